The van der Waals surface area contributed by atoms with Crippen molar-refractivity contribution in [1.82, 2.24) is 14.7 Å². The Balaban J connectivity index is 5.59. The summed E-state index contributed by atoms with van der Waals surface area (Å²) in [6.07, 6.45) is 0. The number of aliphatic carboxylic acids is 5. The first-order chi connectivity index (χ1) is 14.1. The fourth-order valence-electron chi connectivity index (χ4n) is 3.18. The van der Waals surface area contributed by atoms with E-state index < -0.39 is 67.5 Å². The van der Waals surface area contributed by atoms with Crippen LogP contribution in [0.25, 0.3) is 0 Å². The van der Waals surface area contributed by atoms with Gasteiger partial charge in [0.1, 0.15) is 6.04 Å². The average Bonchev–Trinajstić information content (AvgIpc) is 2.52. The number of rotatable bonds is 16. The third-order valence-corrected chi connectivity index (χ3v) is 4.26. The quantitative estimate of drug-likeness (QED) is 0.187. The van der Waals surface area contributed by atoms with Gasteiger partial charge >= 0.3 is 29.8 Å². The zero-order chi connectivity index (χ0) is 24.4. The van der Waals surface area contributed by atoms with Gasteiger partial charge in [0.25, 0.3) is 0 Å². The van der Waals surface area contributed by atoms with Gasteiger partial charge in [0.2, 0.25) is 0 Å². The summed E-state index contributed by atoms with van der Waals surface area (Å²) >= 11 is 0. The van der Waals surface area contributed by atoms with E-state index in [2.05, 4.69) is 0 Å². The maximum atomic E-state index is 11.9. The number of nitrogens with zero attached hydrogens (tertiary/aromatic N) is 3. The van der Waals surface area contributed by atoms with Crippen molar-refractivity contribution < 1.29 is 49.5 Å². The molecule has 178 valence electrons. The fourth-order valence-corrected chi connectivity index (χ4v) is 3.18. The minimum absolute atomic E-state index is 0.0250. The molecule has 0 aliphatic heterocycles. The first-order valence-corrected chi connectivity index (χ1v) is 9.42. The summed E-state index contributed by atoms with van der Waals surface area (Å²) in [6, 6.07) is -1.07. The molecule has 31 heavy (non-hydrogen) atoms. The minimum Gasteiger partial charge on any atom is -0.480 e. The van der Waals surface area contributed by atoms with Gasteiger partial charge in [-0.25, -0.2) is 0 Å². The highest BCUT2D eigenvalue weighted by Crippen LogP contribution is 2.25. The molecule has 0 rings (SSSR count). The first kappa shape index (κ1) is 28.2. The smallest absolute Gasteiger partial charge is 0.321 e. The Kier molecular flexibility index (Phi) is 11.7. The summed E-state index contributed by atoms with van der Waals surface area (Å²) in [4.78, 5) is 59.7. The zero-order valence-corrected chi connectivity index (χ0v) is 17.9. The van der Waals surface area contributed by atoms with Crippen LogP contribution in [-0.4, -0.2) is 128 Å². The molecule has 0 aliphatic rings. The molecule has 0 saturated heterocycles. The van der Waals surface area contributed by atoms with Gasteiger partial charge in [0.05, 0.1) is 26.2 Å². The maximum Gasteiger partial charge on any atom is 0.321 e. The lowest BCUT2D eigenvalue weighted by Crippen LogP contribution is -2.54. The molecule has 0 aromatic carbocycles. The van der Waals surface area contributed by atoms with Crippen molar-refractivity contribution in [2.75, 3.05) is 52.4 Å². The third-order valence-electron chi connectivity index (χ3n) is 4.26. The molecule has 5 N–H and O–H groups in total. The fraction of sp³-hybridized carbons (Fsp3) is 0.722. The Bertz CT molecular complexity index is 589. The molecule has 0 fully saturated rings. The predicted octanol–water partition coefficient (Wildman–Crippen LogP) is -1.27. The summed E-state index contributed by atoms with van der Waals surface area (Å²) in [5.74, 6) is -6.14. The molecule has 0 aliphatic carbocycles. The summed E-state index contributed by atoms with van der Waals surface area (Å²) < 4.78 is 0. The van der Waals surface area contributed by atoms with Crippen molar-refractivity contribution in [2.45, 2.75) is 26.8 Å². The maximum absolute atomic E-state index is 11.9. The van der Waals surface area contributed by atoms with Crippen LogP contribution in [0, 0.1) is 5.41 Å². The van der Waals surface area contributed by atoms with Crippen LogP contribution in [-0.2, 0) is 24.0 Å². The topological polar surface area (TPSA) is 196 Å². The third kappa shape index (κ3) is 12.5. The first-order valence-electron chi connectivity index (χ1n) is 9.42. The zero-order valence-electron chi connectivity index (χ0n) is 17.9. The van der Waals surface area contributed by atoms with E-state index in [-0.39, 0.29) is 26.2 Å². The second-order valence-electron chi connectivity index (χ2n) is 8.14. The molecule has 1 unspecified atom stereocenters. The largest absolute Gasteiger partial charge is 0.480 e. The van der Waals surface area contributed by atoms with Crippen LogP contribution in [0.3, 0.4) is 0 Å². The number of carboxylic acid groups (broad SMARTS) is 5. The molecule has 13 heteroatoms. The van der Waals surface area contributed by atoms with Gasteiger partial charge in [-0.2, -0.15) is 0 Å². The van der Waals surface area contributed by atoms with E-state index in [1.165, 1.54) is 4.90 Å². The number of hydrogen-bond donors (Lipinski definition) is 5. The molecule has 0 heterocycles. The number of carbonyl (C=O) groups is 5. The molecule has 0 saturated carbocycles. The second-order valence-corrected chi connectivity index (χ2v) is 8.14. The standard InChI is InChI=1S/C18H31N3O10/c1-18(2,3)16(17(30)31)21(6-4-19(8-12(22)23)9-13(24)25)7-5-20(10-14(26)27)11-15(28)29/h16H,4-11H2,1-3H3,(H,22,23)(H,24,25)(H,26,27)(H,28,29)(H,30,31). The Labute approximate surface area is 179 Å². The van der Waals surface area contributed by atoms with Crippen LogP contribution in [0.2, 0.25) is 0 Å². The summed E-state index contributed by atoms with van der Waals surface area (Å²) in [5, 5.41) is 45.6. The van der Waals surface area contributed by atoms with Crippen molar-refractivity contribution >= 4 is 29.8 Å². The van der Waals surface area contributed by atoms with Crippen molar-refractivity contribution in [3.63, 3.8) is 0 Å². The molecule has 0 spiro atoms. The molecule has 0 aromatic rings. The average molecular weight is 449 g/mol. The highest BCUT2D eigenvalue weighted by molar-refractivity contribution is 5.75. The van der Waals surface area contributed by atoms with E-state index >= 15 is 0 Å². The second kappa shape index (κ2) is 12.8. The van der Waals surface area contributed by atoms with E-state index in [1.807, 2.05) is 0 Å². The van der Waals surface area contributed by atoms with Crippen molar-refractivity contribution in [3.8, 4) is 0 Å². The Morgan fingerprint density at radius 1 is 0.613 bits per heavy atom. The number of hydrogen-bond acceptors (Lipinski definition) is 8. The predicted molar refractivity (Wildman–Crippen MR) is 106 cm³/mol. The van der Waals surface area contributed by atoms with Crippen LogP contribution in [0.15, 0.2) is 0 Å². The lowest BCUT2D eigenvalue weighted by Gasteiger charge is -2.39. The lowest BCUT2D eigenvalue weighted by atomic mass is 9.85. The summed E-state index contributed by atoms with van der Waals surface area (Å²) in [5.41, 5.74) is -0.777. The molecule has 0 aromatic heterocycles. The van der Waals surface area contributed by atoms with Crippen LogP contribution >= 0.6 is 0 Å². The molecular weight excluding hydrogens is 418 g/mol. The van der Waals surface area contributed by atoms with Crippen molar-refractivity contribution in [2.24, 2.45) is 5.41 Å². The van der Waals surface area contributed by atoms with Gasteiger partial charge < -0.3 is 25.5 Å². The molecule has 0 bridgehead atoms. The minimum atomic E-state index is -1.24. The molecule has 1 atom stereocenters. The van der Waals surface area contributed by atoms with Crippen LogP contribution < -0.4 is 0 Å². The van der Waals surface area contributed by atoms with E-state index in [0.29, 0.717) is 0 Å². The Morgan fingerprint density at radius 2 is 0.903 bits per heavy atom. The number of carboxylic acids is 5. The van der Waals surface area contributed by atoms with Crippen LogP contribution in [0.1, 0.15) is 20.8 Å². The van der Waals surface area contributed by atoms with E-state index in [0.717, 1.165) is 9.80 Å². The van der Waals surface area contributed by atoms with Gasteiger partial charge in [-0.05, 0) is 5.41 Å². The Morgan fingerprint density at radius 3 is 1.10 bits per heavy atom. The van der Waals surface area contributed by atoms with E-state index in [1.54, 1.807) is 20.8 Å². The molecule has 13 nitrogen and oxygen atoms in total. The summed E-state index contributed by atoms with van der Waals surface area (Å²) in [7, 11) is 0. The van der Waals surface area contributed by atoms with Crippen LogP contribution in [0.4, 0.5) is 0 Å². The van der Waals surface area contributed by atoms with Gasteiger partial charge in [-0.15, -0.1) is 0 Å². The van der Waals surface area contributed by atoms with Crippen molar-refractivity contribution in [3.05, 3.63) is 0 Å². The normalized spacial score (nSPS) is 12.8. The van der Waals surface area contributed by atoms with Gasteiger partial charge in [-0.3, -0.25) is 38.7 Å². The summed E-state index contributed by atoms with van der Waals surface area (Å²) in [6.45, 7) is 2.61. The lowest BCUT2D eigenvalue weighted by molar-refractivity contribution is -0.150. The molecular formula is C18H31N3O10. The SMILES string of the molecule is CC(C)(C)C(C(=O)O)N(CCN(CC(=O)O)CC(=O)O)CCN(CC(=O)O)CC(=O)O. The Hall–Kier alpha value is -2.77. The van der Waals surface area contributed by atoms with Crippen LogP contribution in [0.5, 0.6) is 0 Å². The highest BCUT2D eigenvalue weighted by atomic mass is 16.4. The monoisotopic (exact) mass is 449 g/mol. The molecule has 0 radical (unpaired) electrons. The van der Waals surface area contributed by atoms with E-state index in [4.69, 9.17) is 20.4 Å². The van der Waals surface area contributed by atoms with Crippen molar-refractivity contribution in [1.29, 1.82) is 0 Å². The van der Waals surface area contributed by atoms with Gasteiger partial charge in [-0.1, -0.05) is 20.8 Å². The van der Waals surface area contributed by atoms with Gasteiger partial charge in [0, 0.05) is 26.2 Å². The van der Waals surface area contributed by atoms with Gasteiger partial charge in [0.15, 0.2) is 0 Å². The molecule has 0 amide bonds. The van der Waals surface area contributed by atoms with E-state index in [9.17, 15) is 29.1 Å². The highest BCUT2D eigenvalue weighted by Gasteiger charge is 2.36.